The SMILES string of the molecule is C=CCOC(=O)CCC(C)C(=O)NC(CC(=O)NC(c1ccccc1)(c1ccccc1)c1ccccc1)C(=O)Nc1ccc(CO)cc1. The zero-order chi connectivity index (χ0) is 34.4. The third-order valence-corrected chi connectivity index (χ3v) is 7.97. The van der Waals surface area contributed by atoms with E-state index in [1.165, 1.54) is 6.08 Å². The van der Waals surface area contributed by atoms with Crippen LogP contribution in [0, 0.1) is 5.92 Å². The Bertz CT molecular complexity index is 1560. The smallest absolute Gasteiger partial charge is 0.306 e. The number of benzene rings is 4. The fraction of sp³-hybridized carbons (Fsp3) is 0.231. The van der Waals surface area contributed by atoms with Crippen LogP contribution in [0.15, 0.2) is 128 Å². The minimum absolute atomic E-state index is 0.00469. The van der Waals surface area contributed by atoms with E-state index in [-0.39, 0.29) is 32.5 Å². The van der Waals surface area contributed by atoms with Crippen molar-refractivity contribution in [1.82, 2.24) is 10.6 Å². The van der Waals surface area contributed by atoms with Gasteiger partial charge in [-0.2, -0.15) is 0 Å². The topological polar surface area (TPSA) is 134 Å². The molecule has 0 bridgehead atoms. The van der Waals surface area contributed by atoms with Gasteiger partial charge in [0.15, 0.2) is 0 Å². The van der Waals surface area contributed by atoms with Crippen LogP contribution < -0.4 is 16.0 Å². The van der Waals surface area contributed by atoms with Crippen LogP contribution in [0.1, 0.15) is 48.4 Å². The van der Waals surface area contributed by atoms with E-state index in [9.17, 15) is 24.3 Å². The summed E-state index contributed by atoms with van der Waals surface area (Å²) in [6.45, 7) is 5.08. The molecule has 0 spiro atoms. The Kier molecular flexibility index (Phi) is 12.8. The van der Waals surface area contributed by atoms with Crippen LogP contribution in [0.25, 0.3) is 0 Å². The summed E-state index contributed by atoms with van der Waals surface area (Å²) in [6, 6.07) is 34.0. The van der Waals surface area contributed by atoms with Crippen molar-refractivity contribution in [3.8, 4) is 0 Å². The average Bonchev–Trinajstić information content (AvgIpc) is 3.13. The first kappa shape index (κ1) is 35.3. The summed E-state index contributed by atoms with van der Waals surface area (Å²) >= 11 is 0. The Morgan fingerprint density at radius 2 is 1.31 bits per heavy atom. The quantitative estimate of drug-likeness (QED) is 0.0747. The molecule has 0 aliphatic rings. The zero-order valence-corrected chi connectivity index (χ0v) is 26.9. The van der Waals surface area contributed by atoms with Gasteiger partial charge in [0.1, 0.15) is 18.2 Å². The van der Waals surface area contributed by atoms with Gasteiger partial charge in [-0.1, -0.05) is 123 Å². The summed E-state index contributed by atoms with van der Waals surface area (Å²) in [4.78, 5) is 53.2. The van der Waals surface area contributed by atoms with E-state index in [1.807, 2.05) is 91.0 Å². The Morgan fingerprint density at radius 3 is 1.79 bits per heavy atom. The van der Waals surface area contributed by atoms with Crippen LogP contribution in [0.3, 0.4) is 0 Å². The van der Waals surface area contributed by atoms with E-state index in [2.05, 4.69) is 22.5 Å². The number of amides is 3. The van der Waals surface area contributed by atoms with Gasteiger partial charge in [-0.25, -0.2) is 0 Å². The number of hydrogen-bond donors (Lipinski definition) is 4. The Morgan fingerprint density at radius 1 is 0.792 bits per heavy atom. The highest BCUT2D eigenvalue weighted by Gasteiger charge is 2.39. The van der Waals surface area contributed by atoms with Gasteiger partial charge in [-0.15, -0.1) is 0 Å². The molecule has 4 rings (SSSR count). The largest absolute Gasteiger partial charge is 0.461 e. The van der Waals surface area contributed by atoms with Crippen molar-refractivity contribution in [2.75, 3.05) is 11.9 Å². The lowest BCUT2D eigenvalue weighted by Gasteiger charge is -2.37. The van der Waals surface area contributed by atoms with Crippen LogP contribution in [0.2, 0.25) is 0 Å². The maximum absolute atomic E-state index is 14.2. The number of ether oxygens (including phenoxy) is 1. The predicted octanol–water partition coefficient (Wildman–Crippen LogP) is 5.25. The molecule has 2 unspecified atom stereocenters. The van der Waals surface area contributed by atoms with E-state index in [4.69, 9.17) is 4.74 Å². The predicted molar refractivity (Wildman–Crippen MR) is 184 cm³/mol. The third-order valence-electron chi connectivity index (χ3n) is 7.97. The highest BCUT2D eigenvalue weighted by Crippen LogP contribution is 2.37. The molecule has 0 saturated carbocycles. The average molecular weight is 648 g/mol. The van der Waals surface area contributed by atoms with Crippen molar-refractivity contribution >= 4 is 29.4 Å². The standard InChI is InChI=1S/C39H41N3O6/c1-3-25-48-36(45)24-19-28(2)37(46)41-34(38(47)40-33-22-20-29(27-43)21-23-33)26-35(44)42-39(30-13-7-4-8-14-30,31-15-9-5-10-16-31)32-17-11-6-12-18-32/h3-18,20-23,28,34,43H,1,19,24-27H2,2H3,(H,40,47)(H,41,46)(H,42,44). The van der Waals surface area contributed by atoms with Gasteiger partial charge in [-0.05, 0) is 40.8 Å². The molecule has 0 aliphatic carbocycles. The second kappa shape index (κ2) is 17.4. The molecule has 248 valence electrons. The number of carbonyl (C=O) groups is 4. The molecule has 4 N–H and O–H groups in total. The van der Waals surface area contributed by atoms with Crippen LogP contribution in [0.4, 0.5) is 5.69 Å². The Balaban J connectivity index is 1.63. The normalized spacial score (nSPS) is 12.2. The maximum atomic E-state index is 14.2. The van der Waals surface area contributed by atoms with Gasteiger partial charge in [0.2, 0.25) is 17.7 Å². The number of nitrogens with one attached hydrogen (secondary N) is 3. The van der Waals surface area contributed by atoms with Gasteiger partial charge >= 0.3 is 5.97 Å². The Labute approximate surface area is 281 Å². The number of rotatable bonds is 16. The number of anilines is 1. The number of aliphatic hydroxyl groups excluding tert-OH is 1. The van der Waals surface area contributed by atoms with Crippen molar-refractivity contribution in [3.63, 3.8) is 0 Å². The highest BCUT2D eigenvalue weighted by atomic mass is 16.5. The number of hydrogen-bond acceptors (Lipinski definition) is 6. The minimum Gasteiger partial charge on any atom is -0.461 e. The summed E-state index contributed by atoms with van der Waals surface area (Å²) in [6.07, 6.45) is 1.27. The molecule has 48 heavy (non-hydrogen) atoms. The van der Waals surface area contributed by atoms with E-state index in [0.717, 1.165) is 16.7 Å². The van der Waals surface area contributed by atoms with Crippen molar-refractivity contribution in [1.29, 1.82) is 0 Å². The van der Waals surface area contributed by atoms with Gasteiger partial charge < -0.3 is 25.8 Å². The van der Waals surface area contributed by atoms with Gasteiger partial charge in [0, 0.05) is 18.0 Å². The summed E-state index contributed by atoms with van der Waals surface area (Å²) in [7, 11) is 0. The lowest BCUT2D eigenvalue weighted by Crippen LogP contribution is -2.52. The molecule has 0 heterocycles. The van der Waals surface area contributed by atoms with Crippen LogP contribution in [-0.2, 0) is 36.1 Å². The van der Waals surface area contributed by atoms with E-state index >= 15 is 0 Å². The lowest BCUT2D eigenvalue weighted by atomic mass is 9.77. The molecule has 9 nitrogen and oxygen atoms in total. The van der Waals surface area contributed by atoms with Gasteiger partial charge in [0.05, 0.1) is 13.0 Å². The van der Waals surface area contributed by atoms with Gasteiger partial charge in [-0.3, -0.25) is 19.2 Å². The first-order valence-electron chi connectivity index (χ1n) is 15.8. The summed E-state index contributed by atoms with van der Waals surface area (Å²) in [5, 5.41) is 18.2. The number of esters is 1. The molecule has 3 amide bonds. The van der Waals surface area contributed by atoms with Crippen molar-refractivity contribution in [2.24, 2.45) is 5.92 Å². The van der Waals surface area contributed by atoms with Crippen LogP contribution in [0.5, 0.6) is 0 Å². The summed E-state index contributed by atoms with van der Waals surface area (Å²) < 4.78 is 5.01. The highest BCUT2D eigenvalue weighted by molar-refractivity contribution is 6.00. The van der Waals surface area contributed by atoms with E-state index in [0.29, 0.717) is 11.3 Å². The summed E-state index contributed by atoms with van der Waals surface area (Å²) in [5.41, 5.74) is 2.40. The number of aliphatic hydroxyl groups is 1. The minimum atomic E-state index is -1.26. The lowest BCUT2D eigenvalue weighted by molar-refractivity contribution is -0.143. The molecule has 0 fully saturated rings. The molecule has 9 heteroatoms. The van der Waals surface area contributed by atoms with Crippen molar-refractivity contribution in [2.45, 2.75) is 44.4 Å². The fourth-order valence-electron chi connectivity index (χ4n) is 5.36. The van der Waals surface area contributed by atoms with E-state index < -0.39 is 41.2 Å². The maximum Gasteiger partial charge on any atom is 0.306 e. The molecular formula is C39H41N3O6. The second-order valence-electron chi connectivity index (χ2n) is 11.4. The molecule has 0 aliphatic heterocycles. The molecule has 4 aromatic rings. The number of carbonyl (C=O) groups excluding carboxylic acids is 4. The molecule has 0 aromatic heterocycles. The molecule has 4 aromatic carbocycles. The molecule has 0 saturated heterocycles. The first-order valence-corrected chi connectivity index (χ1v) is 15.8. The van der Waals surface area contributed by atoms with Gasteiger partial charge in [0.25, 0.3) is 0 Å². The van der Waals surface area contributed by atoms with E-state index in [1.54, 1.807) is 31.2 Å². The Hall–Kier alpha value is -5.54. The summed E-state index contributed by atoms with van der Waals surface area (Å²) in [5.74, 6) is -2.69. The molecule has 0 radical (unpaired) electrons. The van der Waals surface area contributed by atoms with Crippen LogP contribution >= 0.6 is 0 Å². The van der Waals surface area contributed by atoms with Crippen molar-refractivity contribution in [3.05, 3.63) is 150 Å². The molecule has 2 atom stereocenters. The monoisotopic (exact) mass is 647 g/mol. The fourth-order valence-corrected chi connectivity index (χ4v) is 5.36. The third kappa shape index (κ3) is 9.27. The zero-order valence-electron chi connectivity index (χ0n) is 26.9. The van der Waals surface area contributed by atoms with Crippen LogP contribution in [-0.4, -0.2) is 41.4 Å². The molecular weight excluding hydrogens is 606 g/mol. The first-order chi connectivity index (χ1) is 23.3. The van der Waals surface area contributed by atoms with Crippen molar-refractivity contribution < 1.29 is 29.0 Å². The second-order valence-corrected chi connectivity index (χ2v) is 11.4.